The first-order valence-electron chi connectivity index (χ1n) is 6.29. The third kappa shape index (κ3) is 3.16. The van der Waals surface area contributed by atoms with E-state index in [9.17, 15) is 9.90 Å². The molecule has 0 saturated carbocycles. The van der Waals surface area contributed by atoms with Crippen LogP contribution in [0.25, 0.3) is 0 Å². The van der Waals surface area contributed by atoms with Gasteiger partial charge in [0.05, 0.1) is 0 Å². The van der Waals surface area contributed by atoms with E-state index in [0.29, 0.717) is 17.9 Å². The van der Waals surface area contributed by atoms with Gasteiger partial charge in [0.15, 0.2) is 5.60 Å². The number of amides is 1. The van der Waals surface area contributed by atoms with Gasteiger partial charge >= 0.3 is 0 Å². The minimum atomic E-state index is -1.67. The fraction of sp³-hybridized carbons (Fsp3) is 0.188. The van der Waals surface area contributed by atoms with Crippen LogP contribution < -0.4 is 10.5 Å². The molecule has 1 unspecified atom stereocenters. The average Bonchev–Trinajstić information content (AvgIpc) is 2.46. The lowest BCUT2D eigenvalue weighted by Crippen LogP contribution is -2.38. The van der Waals surface area contributed by atoms with Gasteiger partial charge < -0.3 is 15.6 Å². The van der Waals surface area contributed by atoms with Crippen LogP contribution in [-0.4, -0.2) is 11.0 Å². The van der Waals surface area contributed by atoms with Crippen LogP contribution in [0.15, 0.2) is 54.6 Å². The highest BCUT2D eigenvalue weighted by atomic mass is 16.5. The lowest BCUT2D eigenvalue weighted by molar-refractivity contribution is -0.135. The Morgan fingerprint density at radius 2 is 1.75 bits per heavy atom. The first-order chi connectivity index (χ1) is 9.50. The zero-order valence-electron chi connectivity index (χ0n) is 11.2. The van der Waals surface area contributed by atoms with Gasteiger partial charge in [-0.2, -0.15) is 0 Å². The van der Waals surface area contributed by atoms with Crippen LogP contribution in [0.5, 0.6) is 5.75 Å². The van der Waals surface area contributed by atoms with Crippen molar-refractivity contribution in [3.8, 4) is 5.75 Å². The summed E-state index contributed by atoms with van der Waals surface area (Å²) in [5.74, 6) is -0.117. The lowest BCUT2D eigenvalue weighted by Gasteiger charge is -2.19. The molecular formula is C16H17NO3. The summed E-state index contributed by atoms with van der Waals surface area (Å²) in [5, 5.41) is 9.95. The van der Waals surface area contributed by atoms with Crippen LogP contribution in [0.2, 0.25) is 0 Å². The zero-order chi connectivity index (χ0) is 14.6. The molecule has 4 heteroatoms. The van der Waals surface area contributed by atoms with E-state index in [0.717, 1.165) is 5.56 Å². The third-order valence-corrected chi connectivity index (χ3v) is 3.14. The van der Waals surface area contributed by atoms with Crippen molar-refractivity contribution in [2.45, 2.75) is 19.1 Å². The minimum absolute atomic E-state index is 0.442. The normalized spacial score (nSPS) is 13.5. The number of primary amides is 1. The van der Waals surface area contributed by atoms with E-state index in [1.807, 2.05) is 30.3 Å². The molecule has 0 spiro atoms. The molecule has 0 aromatic heterocycles. The summed E-state index contributed by atoms with van der Waals surface area (Å²) in [4.78, 5) is 11.2. The first-order valence-corrected chi connectivity index (χ1v) is 6.29. The standard InChI is InChI=1S/C16H17NO3/c1-16(19,15(17)18)13-7-9-14(10-8-13)20-11-12-5-3-2-4-6-12/h2-10,19H,11H2,1H3,(H2,17,18). The maximum absolute atomic E-state index is 11.2. The smallest absolute Gasteiger partial charge is 0.253 e. The Labute approximate surface area is 117 Å². The molecule has 1 amide bonds. The largest absolute Gasteiger partial charge is 0.489 e. The number of hydrogen-bond acceptors (Lipinski definition) is 3. The summed E-state index contributed by atoms with van der Waals surface area (Å²) in [6.45, 7) is 1.83. The Balaban J connectivity index is 2.04. The van der Waals surface area contributed by atoms with Crippen molar-refractivity contribution in [1.29, 1.82) is 0 Å². The van der Waals surface area contributed by atoms with Crippen molar-refractivity contribution in [2.75, 3.05) is 0 Å². The van der Waals surface area contributed by atoms with Crippen molar-refractivity contribution >= 4 is 5.91 Å². The molecule has 20 heavy (non-hydrogen) atoms. The van der Waals surface area contributed by atoms with Gasteiger partial charge in [-0.15, -0.1) is 0 Å². The predicted octanol–water partition coefficient (Wildman–Crippen LogP) is 1.96. The Morgan fingerprint density at radius 1 is 1.15 bits per heavy atom. The summed E-state index contributed by atoms with van der Waals surface area (Å²) >= 11 is 0. The van der Waals surface area contributed by atoms with Crippen LogP contribution in [0.1, 0.15) is 18.1 Å². The Kier molecular flexibility index (Phi) is 4.05. The number of carbonyl (C=O) groups excluding carboxylic acids is 1. The van der Waals surface area contributed by atoms with E-state index in [1.54, 1.807) is 24.3 Å². The maximum Gasteiger partial charge on any atom is 0.253 e. The minimum Gasteiger partial charge on any atom is -0.489 e. The summed E-state index contributed by atoms with van der Waals surface area (Å²) in [7, 11) is 0. The van der Waals surface area contributed by atoms with Crippen molar-refractivity contribution in [3.05, 3.63) is 65.7 Å². The maximum atomic E-state index is 11.2. The number of rotatable bonds is 5. The van der Waals surface area contributed by atoms with Crippen molar-refractivity contribution in [2.24, 2.45) is 5.73 Å². The fourth-order valence-electron chi connectivity index (χ4n) is 1.76. The van der Waals surface area contributed by atoms with E-state index < -0.39 is 11.5 Å². The van der Waals surface area contributed by atoms with E-state index in [2.05, 4.69) is 0 Å². The molecule has 0 aliphatic carbocycles. The number of aliphatic hydroxyl groups is 1. The van der Waals surface area contributed by atoms with Gasteiger partial charge in [0, 0.05) is 0 Å². The Hall–Kier alpha value is -2.33. The van der Waals surface area contributed by atoms with Crippen molar-refractivity contribution < 1.29 is 14.6 Å². The zero-order valence-corrected chi connectivity index (χ0v) is 11.2. The van der Waals surface area contributed by atoms with E-state index in [-0.39, 0.29) is 0 Å². The second kappa shape index (κ2) is 5.75. The molecule has 2 rings (SSSR count). The first kappa shape index (κ1) is 14.1. The summed E-state index contributed by atoms with van der Waals surface area (Å²) in [6, 6.07) is 16.5. The molecule has 4 nitrogen and oxygen atoms in total. The molecule has 0 fully saturated rings. The van der Waals surface area contributed by atoms with Gasteiger partial charge in [0.25, 0.3) is 5.91 Å². The molecule has 3 N–H and O–H groups in total. The topological polar surface area (TPSA) is 72.5 Å². The van der Waals surface area contributed by atoms with Gasteiger partial charge in [-0.3, -0.25) is 4.79 Å². The van der Waals surface area contributed by atoms with Gasteiger partial charge in [0.2, 0.25) is 0 Å². The molecule has 0 bridgehead atoms. The SMILES string of the molecule is CC(O)(C(N)=O)c1ccc(OCc2ccccc2)cc1. The number of carbonyl (C=O) groups is 1. The van der Waals surface area contributed by atoms with Gasteiger partial charge in [-0.1, -0.05) is 42.5 Å². The molecule has 104 valence electrons. The molecular weight excluding hydrogens is 254 g/mol. The number of ether oxygens (including phenoxy) is 1. The highest BCUT2D eigenvalue weighted by molar-refractivity contribution is 5.84. The van der Waals surface area contributed by atoms with Gasteiger partial charge in [-0.25, -0.2) is 0 Å². The van der Waals surface area contributed by atoms with Crippen molar-refractivity contribution in [3.63, 3.8) is 0 Å². The van der Waals surface area contributed by atoms with E-state index >= 15 is 0 Å². The molecule has 0 heterocycles. The summed E-state index contributed by atoms with van der Waals surface area (Å²) in [5.41, 5.74) is 5.00. The average molecular weight is 271 g/mol. The molecule has 0 aliphatic heterocycles. The van der Waals surface area contributed by atoms with Gasteiger partial charge in [-0.05, 0) is 30.2 Å². The lowest BCUT2D eigenvalue weighted by atomic mass is 9.95. The molecule has 1 atom stereocenters. The van der Waals surface area contributed by atoms with Crippen LogP contribution in [-0.2, 0) is 17.0 Å². The van der Waals surface area contributed by atoms with Crippen molar-refractivity contribution in [1.82, 2.24) is 0 Å². The molecule has 0 saturated heterocycles. The molecule has 0 radical (unpaired) electrons. The van der Waals surface area contributed by atoms with Gasteiger partial charge in [0.1, 0.15) is 12.4 Å². The molecule has 0 aliphatic rings. The second-order valence-electron chi connectivity index (χ2n) is 4.74. The van der Waals surface area contributed by atoms with Crippen LogP contribution in [0.3, 0.4) is 0 Å². The Morgan fingerprint density at radius 3 is 2.30 bits per heavy atom. The highest BCUT2D eigenvalue weighted by Gasteiger charge is 2.29. The number of nitrogens with two attached hydrogens (primary N) is 1. The van der Waals surface area contributed by atoms with Crippen LogP contribution >= 0.6 is 0 Å². The number of hydrogen-bond donors (Lipinski definition) is 2. The predicted molar refractivity (Wildman–Crippen MR) is 76.0 cm³/mol. The second-order valence-corrected chi connectivity index (χ2v) is 4.74. The molecule has 2 aromatic carbocycles. The molecule has 2 aromatic rings. The quantitative estimate of drug-likeness (QED) is 0.873. The monoisotopic (exact) mass is 271 g/mol. The van der Waals surface area contributed by atoms with E-state index in [4.69, 9.17) is 10.5 Å². The fourth-order valence-corrected chi connectivity index (χ4v) is 1.76. The van der Waals surface area contributed by atoms with Crippen LogP contribution in [0, 0.1) is 0 Å². The summed E-state index contributed by atoms with van der Waals surface area (Å²) < 4.78 is 5.62. The summed E-state index contributed by atoms with van der Waals surface area (Å²) in [6.07, 6.45) is 0. The Bertz CT molecular complexity index is 576. The third-order valence-electron chi connectivity index (χ3n) is 3.14. The van der Waals surface area contributed by atoms with Crippen LogP contribution in [0.4, 0.5) is 0 Å². The highest BCUT2D eigenvalue weighted by Crippen LogP contribution is 2.23. The number of benzene rings is 2. The van der Waals surface area contributed by atoms with E-state index in [1.165, 1.54) is 6.92 Å².